The summed E-state index contributed by atoms with van der Waals surface area (Å²) in [6, 6.07) is 3.20. The number of imide groups is 1. The lowest BCUT2D eigenvalue weighted by molar-refractivity contribution is -0.384. The maximum atomic E-state index is 12.5. The van der Waals surface area contributed by atoms with Gasteiger partial charge in [-0.2, -0.15) is 0 Å². The van der Waals surface area contributed by atoms with Gasteiger partial charge in [0.25, 0.3) is 23.4 Å². The van der Waals surface area contributed by atoms with E-state index in [1.54, 1.807) is 0 Å². The minimum atomic E-state index is -0.868. The lowest BCUT2D eigenvalue weighted by atomic mass is 10.0. The van der Waals surface area contributed by atoms with Crippen molar-refractivity contribution in [3.63, 3.8) is 0 Å². The van der Waals surface area contributed by atoms with E-state index in [0.29, 0.717) is 4.90 Å². The van der Waals surface area contributed by atoms with E-state index in [2.05, 4.69) is 10.2 Å². The molecule has 12 nitrogen and oxygen atoms in total. The predicted molar refractivity (Wildman–Crippen MR) is 88.4 cm³/mol. The summed E-state index contributed by atoms with van der Waals surface area (Å²) in [6.45, 7) is -0.875. The molecule has 146 valence electrons. The predicted octanol–water partition coefficient (Wildman–Crippen LogP) is -0.756. The SMILES string of the molecule is COC(=O)C1CC(=O)NN(C(=O)CN2C(=O)c3ccc([N+](=O)[O-])cc3C2=O)C1. The summed E-state index contributed by atoms with van der Waals surface area (Å²) in [5.74, 6) is -4.56. The van der Waals surface area contributed by atoms with Gasteiger partial charge in [-0.05, 0) is 6.07 Å². The Morgan fingerprint density at radius 1 is 1.25 bits per heavy atom. The largest absolute Gasteiger partial charge is 0.469 e. The molecule has 2 heterocycles. The van der Waals surface area contributed by atoms with E-state index >= 15 is 0 Å². The summed E-state index contributed by atoms with van der Waals surface area (Å²) in [4.78, 5) is 71.5. The van der Waals surface area contributed by atoms with Gasteiger partial charge in [0.05, 0.1) is 35.6 Å². The Hall–Kier alpha value is -3.83. The van der Waals surface area contributed by atoms with Crippen LogP contribution in [0.5, 0.6) is 0 Å². The molecule has 0 saturated carbocycles. The van der Waals surface area contributed by atoms with Gasteiger partial charge in [0.2, 0.25) is 5.91 Å². The molecule has 2 aliphatic heterocycles. The van der Waals surface area contributed by atoms with Gasteiger partial charge in [0, 0.05) is 18.6 Å². The molecule has 4 amide bonds. The molecule has 28 heavy (non-hydrogen) atoms. The van der Waals surface area contributed by atoms with Crippen LogP contribution < -0.4 is 5.43 Å². The molecule has 0 bridgehead atoms. The van der Waals surface area contributed by atoms with Crippen molar-refractivity contribution in [1.29, 1.82) is 0 Å². The van der Waals surface area contributed by atoms with E-state index in [1.807, 2.05) is 0 Å². The third-order valence-electron chi connectivity index (χ3n) is 4.39. The van der Waals surface area contributed by atoms with Crippen molar-refractivity contribution in [3.05, 3.63) is 39.4 Å². The van der Waals surface area contributed by atoms with E-state index in [9.17, 15) is 34.1 Å². The molecule has 2 aliphatic rings. The maximum absolute atomic E-state index is 12.5. The van der Waals surface area contributed by atoms with E-state index in [1.165, 1.54) is 0 Å². The number of ether oxygens (including phenoxy) is 1. The van der Waals surface area contributed by atoms with Gasteiger partial charge in [-0.3, -0.25) is 49.4 Å². The number of nitrogens with one attached hydrogen (secondary N) is 1. The number of hydrogen-bond donors (Lipinski definition) is 1. The van der Waals surface area contributed by atoms with Crippen molar-refractivity contribution >= 4 is 35.3 Å². The van der Waals surface area contributed by atoms with Crippen LogP contribution in [0.4, 0.5) is 5.69 Å². The van der Waals surface area contributed by atoms with E-state index in [-0.39, 0.29) is 29.8 Å². The number of non-ortho nitro benzene ring substituents is 1. The molecular weight excluding hydrogens is 376 g/mol. The van der Waals surface area contributed by atoms with E-state index < -0.39 is 47.0 Å². The number of hydrogen-bond acceptors (Lipinski definition) is 8. The van der Waals surface area contributed by atoms with Crippen LogP contribution in [0, 0.1) is 16.0 Å². The van der Waals surface area contributed by atoms with Crippen LogP contribution in [-0.2, 0) is 19.1 Å². The zero-order valence-corrected chi connectivity index (χ0v) is 14.5. The minimum Gasteiger partial charge on any atom is -0.469 e. The number of hydrazine groups is 1. The summed E-state index contributed by atoms with van der Waals surface area (Å²) in [6.07, 6.45) is -0.160. The molecule has 1 fully saturated rings. The Labute approximate surface area is 157 Å². The molecule has 1 aromatic carbocycles. The summed E-state index contributed by atoms with van der Waals surface area (Å²) < 4.78 is 4.58. The lowest BCUT2D eigenvalue weighted by Crippen LogP contribution is -2.57. The molecule has 1 saturated heterocycles. The van der Waals surface area contributed by atoms with Crippen LogP contribution in [0.3, 0.4) is 0 Å². The van der Waals surface area contributed by atoms with Gasteiger partial charge in [-0.15, -0.1) is 0 Å². The molecule has 0 spiro atoms. The number of fused-ring (bicyclic) bond motifs is 1. The number of carbonyl (C=O) groups is 5. The topological polar surface area (TPSA) is 156 Å². The quantitative estimate of drug-likeness (QED) is 0.304. The maximum Gasteiger partial charge on any atom is 0.311 e. The second-order valence-corrected chi connectivity index (χ2v) is 6.15. The number of rotatable bonds is 4. The van der Waals surface area contributed by atoms with Crippen molar-refractivity contribution in [1.82, 2.24) is 15.3 Å². The molecule has 0 radical (unpaired) electrons. The van der Waals surface area contributed by atoms with E-state index in [0.717, 1.165) is 30.3 Å². The van der Waals surface area contributed by atoms with E-state index in [4.69, 9.17) is 0 Å². The van der Waals surface area contributed by atoms with Crippen molar-refractivity contribution < 1.29 is 33.6 Å². The van der Waals surface area contributed by atoms with Gasteiger partial charge in [0.1, 0.15) is 6.54 Å². The van der Waals surface area contributed by atoms with Gasteiger partial charge < -0.3 is 4.74 Å². The van der Waals surface area contributed by atoms with Crippen LogP contribution in [0.1, 0.15) is 27.1 Å². The van der Waals surface area contributed by atoms with Crippen molar-refractivity contribution in [3.8, 4) is 0 Å². The number of benzene rings is 1. The van der Waals surface area contributed by atoms with Crippen LogP contribution in [-0.4, -0.2) is 64.6 Å². The number of nitro groups is 1. The van der Waals surface area contributed by atoms with Crippen LogP contribution in [0.2, 0.25) is 0 Å². The molecule has 3 rings (SSSR count). The fourth-order valence-corrected chi connectivity index (χ4v) is 3.00. The molecule has 12 heteroatoms. The fourth-order valence-electron chi connectivity index (χ4n) is 3.00. The first-order valence-electron chi connectivity index (χ1n) is 8.05. The highest BCUT2D eigenvalue weighted by Crippen LogP contribution is 2.27. The molecule has 0 aliphatic carbocycles. The monoisotopic (exact) mass is 390 g/mol. The summed E-state index contributed by atoms with van der Waals surface area (Å²) in [7, 11) is 1.15. The molecular formula is C16H14N4O8. The molecule has 1 aromatic rings. The Bertz CT molecular complexity index is 927. The Morgan fingerprint density at radius 3 is 2.57 bits per heavy atom. The standard InChI is InChI=1S/C16H14N4O8/c1-28-16(25)8-4-12(21)17-19(6-8)13(22)7-18-14(23)10-3-2-9(20(26)27)5-11(10)15(18)24/h2-3,5,8H,4,6-7H2,1H3,(H,17,21). The van der Waals surface area contributed by atoms with Crippen molar-refractivity contribution in [2.75, 3.05) is 20.2 Å². The average molecular weight is 390 g/mol. The smallest absolute Gasteiger partial charge is 0.311 e. The third-order valence-corrected chi connectivity index (χ3v) is 4.39. The Morgan fingerprint density at radius 2 is 1.93 bits per heavy atom. The number of amides is 4. The number of carbonyl (C=O) groups excluding carboxylic acids is 5. The summed E-state index contributed by atoms with van der Waals surface area (Å²) in [5.41, 5.74) is 1.67. The molecule has 1 N–H and O–H groups in total. The Kier molecular flexibility index (Phi) is 4.78. The first-order valence-corrected chi connectivity index (χ1v) is 8.05. The second-order valence-electron chi connectivity index (χ2n) is 6.15. The molecule has 0 aromatic heterocycles. The average Bonchev–Trinajstić information content (AvgIpc) is 2.91. The minimum absolute atomic E-state index is 0.0569. The van der Waals surface area contributed by atoms with Crippen molar-refractivity contribution in [2.45, 2.75) is 6.42 Å². The van der Waals surface area contributed by atoms with Gasteiger partial charge in [-0.1, -0.05) is 0 Å². The highest BCUT2D eigenvalue weighted by atomic mass is 16.6. The van der Waals surface area contributed by atoms with Crippen LogP contribution >= 0.6 is 0 Å². The number of methoxy groups -OCH3 is 1. The van der Waals surface area contributed by atoms with Gasteiger partial charge in [-0.25, -0.2) is 0 Å². The number of nitro benzene ring substituents is 1. The first kappa shape index (κ1) is 18.9. The lowest BCUT2D eigenvalue weighted by Gasteiger charge is -2.32. The highest BCUT2D eigenvalue weighted by molar-refractivity contribution is 6.22. The van der Waals surface area contributed by atoms with Gasteiger partial charge in [0.15, 0.2) is 0 Å². The fraction of sp³-hybridized carbons (Fsp3) is 0.312. The van der Waals surface area contributed by atoms with Crippen molar-refractivity contribution in [2.24, 2.45) is 5.92 Å². The normalized spacial score (nSPS) is 18.6. The van der Waals surface area contributed by atoms with Crippen LogP contribution in [0.25, 0.3) is 0 Å². The number of nitrogens with zero attached hydrogens (tertiary/aromatic N) is 3. The molecule has 1 unspecified atom stereocenters. The summed E-state index contributed by atoms with van der Waals surface area (Å²) >= 11 is 0. The third kappa shape index (κ3) is 3.26. The zero-order valence-electron chi connectivity index (χ0n) is 14.5. The summed E-state index contributed by atoms with van der Waals surface area (Å²) in [5, 5.41) is 11.7. The van der Waals surface area contributed by atoms with Crippen LogP contribution in [0.15, 0.2) is 18.2 Å². The van der Waals surface area contributed by atoms with Gasteiger partial charge >= 0.3 is 5.97 Å². The molecule has 1 atom stereocenters. The highest BCUT2D eigenvalue weighted by Gasteiger charge is 2.40. The zero-order chi connectivity index (χ0) is 20.6. The Balaban J connectivity index is 1.76. The second kappa shape index (κ2) is 7.06. The number of esters is 1. The first-order chi connectivity index (χ1) is 13.2.